The van der Waals surface area contributed by atoms with Crippen molar-refractivity contribution in [2.45, 2.75) is 6.61 Å². The number of nitrogens with one attached hydrogen (secondary N) is 1. The van der Waals surface area contributed by atoms with Gasteiger partial charge >= 0.3 is 0 Å². The van der Waals surface area contributed by atoms with Crippen molar-refractivity contribution in [3.05, 3.63) is 83.6 Å². The van der Waals surface area contributed by atoms with Gasteiger partial charge in [-0.25, -0.2) is 4.98 Å². The van der Waals surface area contributed by atoms with Gasteiger partial charge in [0, 0.05) is 18.0 Å². The maximum Gasteiger partial charge on any atom is 0.252 e. The number of ether oxygens (including phenoxy) is 1. The number of rotatable bonds is 6. The van der Waals surface area contributed by atoms with Gasteiger partial charge < -0.3 is 15.8 Å². The van der Waals surface area contributed by atoms with Gasteiger partial charge in [0.2, 0.25) is 0 Å². The SMILES string of the molecule is N#Cc1ccc(Nc2ncccc2C(N)=O)cc1OCc1ccccc1. The van der Waals surface area contributed by atoms with Crippen molar-refractivity contribution in [3.8, 4) is 11.8 Å². The van der Waals surface area contributed by atoms with Crippen molar-refractivity contribution in [2.24, 2.45) is 5.73 Å². The molecule has 1 aromatic heterocycles. The Morgan fingerprint density at radius 2 is 1.96 bits per heavy atom. The standard InChI is InChI=1S/C20H16N4O2/c21-12-15-8-9-16(24-20-17(19(22)25)7-4-10-23-20)11-18(15)26-13-14-5-2-1-3-6-14/h1-11H,13H2,(H2,22,25)(H,23,24). The lowest BCUT2D eigenvalue weighted by molar-refractivity contribution is 0.100. The van der Waals surface area contributed by atoms with Gasteiger partial charge in [-0.15, -0.1) is 0 Å². The van der Waals surface area contributed by atoms with E-state index >= 15 is 0 Å². The zero-order valence-electron chi connectivity index (χ0n) is 13.8. The number of carbonyl (C=O) groups is 1. The molecule has 0 fully saturated rings. The summed E-state index contributed by atoms with van der Waals surface area (Å²) in [6.45, 7) is 0.342. The Labute approximate surface area is 150 Å². The highest BCUT2D eigenvalue weighted by molar-refractivity contribution is 5.98. The van der Waals surface area contributed by atoms with Crippen LogP contribution in [-0.4, -0.2) is 10.9 Å². The fourth-order valence-corrected chi connectivity index (χ4v) is 2.39. The molecule has 3 N–H and O–H groups in total. The zero-order chi connectivity index (χ0) is 18.4. The Bertz CT molecular complexity index is 965. The molecule has 0 bridgehead atoms. The number of nitriles is 1. The smallest absolute Gasteiger partial charge is 0.252 e. The van der Waals surface area contributed by atoms with E-state index in [4.69, 9.17) is 10.5 Å². The number of aromatic nitrogens is 1. The molecule has 0 aliphatic heterocycles. The second-order valence-electron chi connectivity index (χ2n) is 5.49. The lowest BCUT2D eigenvalue weighted by Crippen LogP contribution is -2.14. The summed E-state index contributed by atoms with van der Waals surface area (Å²) >= 11 is 0. The molecule has 128 valence electrons. The number of carbonyl (C=O) groups excluding carboxylic acids is 1. The zero-order valence-corrected chi connectivity index (χ0v) is 13.8. The molecule has 0 aliphatic rings. The number of primary amides is 1. The maximum atomic E-state index is 11.5. The molecule has 0 aliphatic carbocycles. The van der Waals surface area contributed by atoms with E-state index in [-0.39, 0.29) is 5.56 Å². The molecule has 0 radical (unpaired) electrons. The van der Waals surface area contributed by atoms with Crippen molar-refractivity contribution in [1.29, 1.82) is 5.26 Å². The molecule has 6 nitrogen and oxygen atoms in total. The van der Waals surface area contributed by atoms with E-state index in [0.29, 0.717) is 29.4 Å². The van der Waals surface area contributed by atoms with E-state index in [1.807, 2.05) is 30.3 Å². The molecule has 1 amide bonds. The van der Waals surface area contributed by atoms with Crippen LogP contribution in [0.4, 0.5) is 11.5 Å². The minimum atomic E-state index is -0.574. The Morgan fingerprint density at radius 3 is 2.69 bits per heavy atom. The third-order valence-electron chi connectivity index (χ3n) is 3.68. The largest absolute Gasteiger partial charge is 0.487 e. The van der Waals surface area contributed by atoms with Crippen molar-refractivity contribution in [2.75, 3.05) is 5.32 Å². The first-order chi connectivity index (χ1) is 12.7. The molecule has 0 saturated carbocycles. The van der Waals surface area contributed by atoms with Gasteiger partial charge in [-0.3, -0.25) is 4.79 Å². The number of hydrogen-bond donors (Lipinski definition) is 2. The van der Waals surface area contributed by atoms with Gasteiger partial charge in [0.05, 0.1) is 11.1 Å². The van der Waals surface area contributed by atoms with E-state index in [9.17, 15) is 10.1 Å². The lowest BCUT2D eigenvalue weighted by Gasteiger charge is -2.12. The van der Waals surface area contributed by atoms with Gasteiger partial charge in [-0.05, 0) is 29.8 Å². The van der Waals surface area contributed by atoms with E-state index in [2.05, 4.69) is 16.4 Å². The van der Waals surface area contributed by atoms with Gasteiger partial charge in [-0.2, -0.15) is 5.26 Å². The molecule has 3 rings (SSSR count). The van der Waals surface area contributed by atoms with E-state index in [1.54, 1.807) is 36.5 Å². The topological polar surface area (TPSA) is 101 Å². The average Bonchev–Trinajstić information content (AvgIpc) is 2.67. The van der Waals surface area contributed by atoms with Crippen molar-refractivity contribution in [3.63, 3.8) is 0 Å². The number of nitrogens with zero attached hydrogens (tertiary/aromatic N) is 2. The molecule has 0 spiro atoms. The number of hydrogen-bond acceptors (Lipinski definition) is 5. The summed E-state index contributed by atoms with van der Waals surface area (Å²) in [5.74, 6) is 0.214. The number of benzene rings is 2. The molecule has 0 unspecified atom stereocenters. The van der Waals surface area contributed by atoms with E-state index < -0.39 is 5.91 Å². The number of pyridine rings is 1. The third kappa shape index (κ3) is 3.97. The first-order valence-electron chi connectivity index (χ1n) is 7.90. The molecule has 1 heterocycles. The van der Waals surface area contributed by atoms with Crippen molar-refractivity contribution in [1.82, 2.24) is 4.98 Å². The summed E-state index contributed by atoms with van der Waals surface area (Å²) in [5.41, 5.74) is 7.70. The summed E-state index contributed by atoms with van der Waals surface area (Å²) in [6.07, 6.45) is 1.56. The predicted octanol–water partition coefficient (Wildman–Crippen LogP) is 3.37. The Morgan fingerprint density at radius 1 is 1.15 bits per heavy atom. The molecular formula is C20H16N4O2. The minimum Gasteiger partial charge on any atom is -0.487 e. The first-order valence-corrected chi connectivity index (χ1v) is 7.90. The number of nitrogens with two attached hydrogens (primary N) is 1. The molecule has 26 heavy (non-hydrogen) atoms. The van der Waals surface area contributed by atoms with Crippen LogP contribution < -0.4 is 15.8 Å². The fraction of sp³-hybridized carbons (Fsp3) is 0.0500. The molecule has 3 aromatic rings. The quantitative estimate of drug-likeness (QED) is 0.714. The molecular weight excluding hydrogens is 328 g/mol. The van der Waals surface area contributed by atoms with Crippen molar-refractivity contribution < 1.29 is 9.53 Å². The van der Waals surface area contributed by atoms with Crippen LogP contribution in [0.5, 0.6) is 5.75 Å². The summed E-state index contributed by atoms with van der Waals surface area (Å²) < 4.78 is 5.80. The van der Waals surface area contributed by atoms with Gasteiger partial charge in [0.25, 0.3) is 5.91 Å². The second-order valence-corrected chi connectivity index (χ2v) is 5.49. The summed E-state index contributed by atoms with van der Waals surface area (Å²) in [6, 6.07) is 20.1. The highest BCUT2D eigenvalue weighted by Crippen LogP contribution is 2.26. The monoisotopic (exact) mass is 344 g/mol. The average molecular weight is 344 g/mol. The van der Waals surface area contributed by atoms with Gasteiger partial charge in [-0.1, -0.05) is 30.3 Å². The minimum absolute atomic E-state index is 0.281. The Kier molecular flexibility index (Phi) is 5.11. The van der Waals surface area contributed by atoms with Crippen LogP contribution in [-0.2, 0) is 6.61 Å². The second kappa shape index (κ2) is 7.81. The molecule has 0 saturated heterocycles. The molecule has 2 aromatic carbocycles. The summed E-state index contributed by atoms with van der Waals surface area (Å²) in [5, 5.41) is 12.3. The normalized spacial score (nSPS) is 9.96. The maximum absolute atomic E-state index is 11.5. The first kappa shape index (κ1) is 17.0. The van der Waals surface area contributed by atoms with Crippen molar-refractivity contribution >= 4 is 17.4 Å². The number of amides is 1. The predicted molar refractivity (Wildman–Crippen MR) is 98.0 cm³/mol. The van der Waals surface area contributed by atoms with E-state index in [1.165, 1.54) is 0 Å². The van der Waals surface area contributed by atoms with Gasteiger partial charge in [0.1, 0.15) is 24.2 Å². The van der Waals surface area contributed by atoms with Crippen LogP contribution in [0.15, 0.2) is 66.9 Å². The lowest BCUT2D eigenvalue weighted by atomic mass is 10.2. The van der Waals surface area contributed by atoms with Crippen LogP contribution >= 0.6 is 0 Å². The van der Waals surface area contributed by atoms with E-state index in [0.717, 1.165) is 5.56 Å². The summed E-state index contributed by atoms with van der Waals surface area (Å²) in [4.78, 5) is 15.7. The van der Waals surface area contributed by atoms with Crippen LogP contribution in [0, 0.1) is 11.3 Å². The molecule has 6 heteroatoms. The van der Waals surface area contributed by atoms with Crippen LogP contribution in [0.25, 0.3) is 0 Å². The van der Waals surface area contributed by atoms with Crippen LogP contribution in [0.2, 0.25) is 0 Å². The fourth-order valence-electron chi connectivity index (χ4n) is 2.39. The number of anilines is 2. The molecule has 0 atom stereocenters. The van der Waals surface area contributed by atoms with Crippen LogP contribution in [0.3, 0.4) is 0 Å². The Hall–Kier alpha value is -3.85. The van der Waals surface area contributed by atoms with Gasteiger partial charge in [0.15, 0.2) is 0 Å². The Balaban J connectivity index is 1.84. The summed E-state index contributed by atoms with van der Waals surface area (Å²) in [7, 11) is 0. The highest BCUT2D eigenvalue weighted by Gasteiger charge is 2.11. The van der Waals surface area contributed by atoms with Crippen LogP contribution in [0.1, 0.15) is 21.5 Å². The third-order valence-corrected chi connectivity index (χ3v) is 3.68. The highest BCUT2D eigenvalue weighted by atomic mass is 16.5.